The Morgan fingerprint density at radius 3 is 2.08 bits per heavy atom. The van der Waals surface area contributed by atoms with E-state index < -0.39 is 0 Å². The Morgan fingerprint density at radius 1 is 1.33 bits per heavy atom. The predicted molar refractivity (Wildman–Crippen MR) is 56.8 cm³/mol. The lowest BCUT2D eigenvalue weighted by atomic mass is 10.1. The first-order chi connectivity index (χ1) is 5.52. The van der Waals surface area contributed by atoms with Gasteiger partial charge in [0.15, 0.2) is 0 Å². The van der Waals surface area contributed by atoms with Gasteiger partial charge in [0.25, 0.3) is 0 Å². The minimum atomic E-state index is -0.141. The highest BCUT2D eigenvalue weighted by Crippen LogP contribution is 2.32. The van der Waals surface area contributed by atoms with Gasteiger partial charge in [-0.2, -0.15) is 0 Å². The molecule has 0 aliphatic carbocycles. The van der Waals surface area contributed by atoms with Crippen molar-refractivity contribution in [2.24, 2.45) is 5.73 Å². The number of benzene rings is 1. The van der Waals surface area contributed by atoms with Crippen molar-refractivity contribution in [3.63, 3.8) is 0 Å². The van der Waals surface area contributed by atoms with Gasteiger partial charge in [-0.15, -0.1) is 0 Å². The van der Waals surface area contributed by atoms with E-state index in [1.54, 1.807) is 12.1 Å². The molecule has 4 heteroatoms. The Bertz CT molecular complexity index is 276. The van der Waals surface area contributed by atoms with E-state index in [1.807, 2.05) is 6.92 Å². The molecule has 0 bridgehead atoms. The second-order valence-corrected chi connectivity index (χ2v) is 4.30. The van der Waals surface area contributed by atoms with E-state index in [-0.39, 0.29) is 6.04 Å². The lowest BCUT2D eigenvalue weighted by molar-refractivity contribution is 0.818. The summed E-state index contributed by atoms with van der Waals surface area (Å²) in [4.78, 5) is 0. The highest BCUT2D eigenvalue weighted by atomic mass is 79.9. The summed E-state index contributed by atoms with van der Waals surface area (Å²) < 4.78 is 0.863. The summed E-state index contributed by atoms with van der Waals surface area (Å²) in [5.41, 5.74) is 6.47. The van der Waals surface area contributed by atoms with Gasteiger partial charge in [-0.25, -0.2) is 0 Å². The maximum atomic E-state index is 5.94. The highest BCUT2D eigenvalue weighted by molar-refractivity contribution is 9.10. The van der Waals surface area contributed by atoms with Gasteiger partial charge >= 0.3 is 0 Å². The molecular weight excluding hydrogens is 261 g/mol. The van der Waals surface area contributed by atoms with E-state index in [2.05, 4.69) is 15.9 Å². The molecule has 0 amide bonds. The SMILES string of the molecule is CC(N)c1c(Cl)cc(Br)cc1Cl. The highest BCUT2D eigenvalue weighted by Gasteiger charge is 2.10. The predicted octanol–water partition coefficient (Wildman–Crippen LogP) is 3.78. The Balaban J connectivity index is 3.28. The molecule has 1 rings (SSSR count). The van der Waals surface area contributed by atoms with Crippen LogP contribution in [0.25, 0.3) is 0 Å². The van der Waals surface area contributed by atoms with Crippen LogP contribution in [0.4, 0.5) is 0 Å². The number of nitrogens with two attached hydrogens (primary N) is 1. The summed E-state index contributed by atoms with van der Waals surface area (Å²) in [6.45, 7) is 1.85. The van der Waals surface area contributed by atoms with Crippen LogP contribution in [-0.4, -0.2) is 0 Å². The topological polar surface area (TPSA) is 26.0 Å². The summed E-state index contributed by atoms with van der Waals surface area (Å²) in [6, 6.07) is 3.43. The monoisotopic (exact) mass is 267 g/mol. The maximum Gasteiger partial charge on any atom is 0.0479 e. The molecule has 2 N–H and O–H groups in total. The molecule has 0 aliphatic rings. The quantitative estimate of drug-likeness (QED) is 0.824. The molecule has 1 aromatic rings. The van der Waals surface area contributed by atoms with Gasteiger partial charge in [0.2, 0.25) is 0 Å². The van der Waals surface area contributed by atoms with Gasteiger partial charge < -0.3 is 5.73 Å². The fraction of sp³-hybridized carbons (Fsp3) is 0.250. The van der Waals surface area contributed by atoms with Crippen LogP contribution < -0.4 is 5.73 Å². The zero-order valence-corrected chi connectivity index (χ0v) is 9.54. The number of hydrogen-bond donors (Lipinski definition) is 1. The van der Waals surface area contributed by atoms with Gasteiger partial charge in [-0.3, -0.25) is 0 Å². The number of halogens is 3. The van der Waals surface area contributed by atoms with Gasteiger partial charge in [-0.1, -0.05) is 39.1 Å². The molecule has 1 atom stereocenters. The zero-order chi connectivity index (χ0) is 9.30. The molecule has 1 unspecified atom stereocenters. The van der Waals surface area contributed by atoms with Crippen LogP contribution in [0, 0.1) is 0 Å². The van der Waals surface area contributed by atoms with Crippen LogP contribution in [0.2, 0.25) is 10.0 Å². The second kappa shape index (κ2) is 3.97. The van der Waals surface area contributed by atoms with Crippen molar-refractivity contribution in [1.82, 2.24) is 0 Å². The molecule has 0 heterocycles. The third-order valence-electron chi connectivity index (χ3n) is 1.50. The third kappa shape index (κ3) is 2.13. The summed E-state index contributed by atoms with van der Waals surface area (Å²) in [7, 11) is 0. The van der Waals surface area contributed by atoms with Crippen molar-refractivity contribution in [2.75, 3.05) is 0 Å². The smallest absolute Gasteiger partial charge is 0.0479 e. The van der Waals surface area contributed by atoms with E-state index in [4.69, 9.17) is 28.9 Å². The van der Waals surface area contributed by atoms with Crippen LogP contribution in [0.15, 0.2) is 16.6 Å². The molecular formula is C8H8BrCl2N. The van der Waals surface area contributed by atoms with E-state index in [0.29, 0.717) is 10.0 Å². The first kappa shape index (κ1) is 10.3. The maximum absolute atomic E-state index is 5.94. The number of rotatable bonds is 1. The molecule has 0 radical (unpaired) electrons. The van der Waals surface area contributed by atoms with Gasteiger partial charge in [0.05, 0.1) is 0 Å². The Kier molecular flexibility index (Phi) is 3.41. The van der Waals surface area contributed by atoms with Crippen LogP contribution in [0.1, 0.15) is 18.5 Å². The van der Waals surface area contributed by atoms with Crippen LogP contribution >= 0.6 is 39.1 Å². The van der Waals surface area contributed by atoms with E-state index >= 15 is 0 Å². The van der Waals surface area contributed by atoms with Crippen LogP contribution in [0.3, 0.4) is 0 Å². The van der Waals surface area contributed by atoms with Crippen molar-refractivity contribution in [1.29, 1.82) is 0 Å². The average Bonchev–Trinajstić information content (AvgIpc) is 1.82. The summed E-state index contributed by atoms with van der Waals surface area (Å²) in [5, 5.41) is 1.20. The first-order valence-corrected chi connectivity index (χ1v) is 4.97. The zero-order valence-electron chi connectivity index (χ0n) is 6.44. The molecule has 0 saturated heterocycles. The fourth-order valence-corrected chi connectivity index (χ4v) is 2.54. The van der Waals surface area contributed by atoms with Crippen molar-refractivity contribution in [3.8, 4) is 0 Å². The van der Waals surface area contributed by atoms with Crippen LogP contribution in [0.5, 0.6) is 0 Å². The van der Waals surface area contributed by atoms with Crippen molar-refractivity contribution in [2.45, 2.75) is 13.0 Å². The molecule has 66 valence electrons. The number of hydrogen-bond acceptors (Lipinski definition) is 1. The molecule has 0 saturated carbocycles. The Hall–Kier alpha value is 0.240. The molecule has 1 aromatic carbocycles. The van der Waals surface area contributed by atoms with Crippen molar-refractivity contribution in [3.05, 3.63) is 32.2 Å². The minimum Gasteiger partial charge on any atom is -0.324 e. The van der Waals surface area contributed by atoms with E-state index in [0.717, 1.165) is 10.0 Å². The Labute approximate surface area is 90.0 Å². The lowest BCUT2D eigenvalue weighted by Crippen LogP contribution is -2.06. The second-order valence-electron chi connectivity index (χ2n) is 2.57. The Morgan fingerprint density at radius 2 is 1.75 bits per heavy atom. The minimum absolute atomic E-state index is 0.141. The third-order valence-corrected chi connectivity index (χ3v) is 2.58. The summed E-state index contributed by atoms with van der Waals surface area (Å²) >= 11 is 15.2. The average molecular weight is 269 g/mol. The molecule has 0 fully saturated rings. The molecule has 0 spiro atoms. The molecule has 0 aromatic heterocycles. The van der Waals surface area contributed by atoms with Crippen molar-refractivity contribution >= 4 is 39.1 Å². The largest absolute Gasteiger partial charge is 0.324 e. The van der Waals surface area contributed by atoms with E-state index in [9.17, 15) is 0 Å². The molecule has 1 nitrogen and oxygen atoms in total. The van der Waals surface area contributed by atoms with Gasteiger partial charge in [0.1, 0.15) is 0 Å². The van der Waals surface area contributed by atoms with Crippen molar-refractivity contribution < 1.29 is 0 Å². The first-order valence-electron chi connectivity index (χ1n) is 3.42. The lowest BCUT2D eigenvalue weighted by Gasteiger charge is -2.10. The summed E-state index contributed by atoms with van der Waals surface area (Å²) in [5.74, 6) is 0. The fourth-order valence-electron chi connectivity index (χ4n) is 0.988. The molecule has 0 aliphatic heterocycles. The van der Waals surface area contributed by atoms with Gasteiger partial charge in [0, 0.05) is 26.1 Å². The molecule has 12 heavy (non-hydrogen) atoms. The van der Waals surface area contributed by atoms with Crippen LogP contribution in [-0.2, 0) is 0 Å². The normalized spacial score (nSPS) is 13.1. The standard InChI is InChI=1S/C8H8BrCl2N/c1-4(12)8-6(10)2-5(9)3-7(8)11/h2-4H,12H2,1H3. The van der Waals surface area contributed by atoms with E-state index in [1.165, 1.54) is 0 Å². The summed E-state index contributed by atoms with van der Waals surface area (Å²) in [6.07, 6.45) is 0. The van der Waals surface area contributed by atoms with Gasteiger partial charge in [-0.05, 0) is 19.1 Å².